The SMILES string of the molecule is O=C(CSC1CCCC1)N1CC(N2CCc3ccccc3C2)C1. The van der Waals surface area contributed by atoms with E-state index < -0.39 is 0 Å². The third-order valence-electron chi connectivity index (χ3n) is 5.64. The fraction of sp³-hybridized carbons (Fsp3) is 0.632. The zero-order valence-corrected chi connectivity index (χ0v) is 14.6. The number of amides is 1. The van der Waals surface area contributed by atoms with Crippen LogP contribution in [0.25, 0.3) is 0 Å². The number of hydrogen-bond donors (Lipinski definition) is 0. The van der Waals surface area contributed by atoms with Gasteiger partial charge in [-0.15, -0.1) is 11.8 Å². The van der Waals surface area contributed by atoms with Crippen molar-refractivity contribution in [1.82, 2.24) is 9.80 Å². The quantitative estimate of drug-likeness (QED) is 0.848. The smallest absolute Gasteiger partial charge is 0.232 e. The number of fused-ring (bicyclic) bond motifs is 1. The molecule has 3 nitrogen and oxygen atoms in total. The summed E-state index contributed by atoms with van der Waals surface area (Å²) in [6.45, 7) is 4.07. The van der Waals surface area contributed by atoms with Crippen LogP contribution in [-0.2, 0) is 17.8 Å². The van der Waals surface area contributed by atoms with E-state index >= 15 is 0 Å². The molecule has 0 unspecified atom stereocenters. The third-order valence-corrected chi connectivity index (χ3v) is 6.99. The molecule has 1 saturated carbocycles. The van der Waals surface area contributed by atoms with Crippen molar-refractivity contribution in [3.63, 3.8) is 0 Å². The van der Waals surface area contributed by atoms with Gasteiger partial charge in [0.05, 0.1) is 5.75 Å². The molecule has 124 valence electrons. The number of rotatable bonds is 4. The van der Waals surface area contributed by atoms with Gasteiger partial charge in [-0.2, -0.15) is 0 Å². The van der Waals surface area contributed by atoms with E-state index in [0.717, 1.165) is 37.8 Å². The Bertz CT molecular complexity index is 564. The Balaban J connectivity index is 1.23. The van der Waals surface area contributed by atoms with Crippen molar-refractivity contribution in [2.75, 3.05) is 25.4 Å². The fourth-order valence-corrected chi connectivity index (χ4v) is 5.28. The highest BCUT2D eigenvalue weighted by molar-refractivity contribution is 8.00. The summed E-state index contributed by atoms with van der Waals surface area (Å²) >= 11 is 1.89. The normalized spacial score (nSPS) is 22.9. The van der Waals surface area contributed by atoms with Gasteiger partial charge in [0, 0.05) is 37.5 Å². The molecule has 3 aliphatic rings. The monoisotopic (exact) mass is 330 g/mol. The number of carbonyl (C=O) groups excluding carboxylic acids is 1. The lowest BCUT2D eigenvalue weighted by molar-refractivity contribution is -0.136. The molecule has 0 spiro atoms. The third kappa shape index (κ3) is 3.43. The van der Waals surface area contributed by atoms with Crippen LogP contribution in [0.1, 0.15) is 36.8 Å². The van der Waals surface area contributed by atoms with Crippen LogP contribution in [-0.4, -0.2) is 52.4 Å². The number of hydrogen-bond acceptors (Lipinski definition) is 3. The highest BCUT2D eigenvalue weighted by atomic mass is 32.2. The van der Waals surface area contributed by atoms with Crippen LogP contribution in [0.2, 0.25) is 0 Å². The molecule has 1 amide bonds. The molecule has 0 bridgehead atoms. The molecule has 4 heteroatoms. The molecule has 2 heterocycles. The fourth-order valence-electron chi connectivity index (χ4n) is 4.05. The summed E-state index contributed by atoms with van der Waals surface area (Å²) in [5.41, 5.74) is 2.98. The predicted molar refractivity (Wildman–Crippen MR) is 95.6 cm³/mol. The average Bonchev–Trinajstić information content (AvgIpc) is 3.05. The van der Waals surface area contributed by atoms with E-state index in [1.165, 1.54) is 36.8 Å². The van der Waals surface area contributed by atoms with E-state index in [2.05, 4.69) is 34.1 Å². The molecule has 1 aromatic carbocycles. The Morgan fingerprint density at radius 3 is 2.65 bits per heavy atom. The molecule has 2 aliphatic heterocycles. The Hall–Kier alpha value is -1.00. The van der Waals surface area contributed by atoms with Crippen LogP contribution < -0.4 is 0 Å². The molecule has 0 radical (unpaired) electrons. The van der Waals surface area contributed by atoms with Crippen molar-refractivity contribution < 1.29 is 4.79 Å². The van der Waals surface area contributed by atoms with Gasteiger partial charge in [-0.05, 0) is 30.4 Å². The maximum atomic E-state index is 12.3. The first-order valence-corrected chi connectivity index (χ1v) is 10.0. The van der Waals surface area contributed by atoms with E-state index in [9.17, 15) is 4.79 Å². The summed E-state index contributed by atoms with van der Waals surface area (Å²) < 4.78 is 0. The van der Waals surface area contributed by atoms with Crippen molar-refractivity contribution in [2.45, 2.75) is 49.9 Å². The summed E-state index contributed by atoms with van der Waals surface area (Å²) in [7, 11) is 0. The van der Waals surface area contributed by atoms with Gasteiger partial charge in [0.1, 0.15) is 0 Å². The number of likely N-dealkylation sites (tertiary alicyclic amines) is 1. The van der Waals surface area contributed by atoms with Crippen LogP contribution in [0.15, 0.2) is 24.3 Å². The molecule has 0 aromatic heterocycles. The second-order valence-corrected chi connectivity index (χ2v) is 8.45. The van der Waals surface area contributed by atoms with Gasteiger partial charge in [-0.25, -0.2) is 0 Å². The van der Waals surface area contributed by atoms with Gasteiger partial charge in [0.2, 0.25) is 5.91 Å². The molecule has 2 fully saturated rings. The highest BCUT2D eigenvalue weighted by Crippen LogP contribution is 2.30. The zero-order valence-electron chi connectivity index (χ0n) is 13.7. The van der Waals surface area contributed by atoms with Crippen LogP contribution in [0.3, 0.4) is 0 Å². The Morgan fingerprint density at radius 2 is 1.87 bits per heavy atom. The van der Waals surface area contributed by atoms with Crippen LogP contribution in [0.4, 0.5) is 0 Å². The number of nitrogens with zero attached hydrogens (tertiary/aromatic N) is 2. The molecular weight excluding hydrogens is 304 g/mol. The molecule has 1 saturated heterocycles. The van der Waals surface area contributed by atoms with Gasteiger partial charge >= 0.3 is 0 Å². The second kappa shape index (κ2) is 6.86. The van der Waals surface area contributed by atoms with Crippen molar-refractivity contribution in [3.05, 3.63) is 35.4 Å². The molecule has 1 aliphatic carbocycles. The molecule has 23 heavy (non-hydrogen) atoms. The molecule has 4 rings (SSSR count). The lowest BCUT2D eigenvalue weighted by Crippen LogP contribution is -2.62. The minimum atomic E-state index is 0.357. The first-order valence-electron chi connectivity index (χ1n) is 9.00. The van der Waals surface area contributed by atoms with Gasteiger partial charge in [-0.3, -0.25) is 9.69 Å². The van der Waals surface area contributed by atoms with E-state index in [1.807, 2.05) is 11.8 Å². The molecule has 1 aromatic rings. The number of benzene rings is 1. The van der Waals surface area contributed by atoms with Gasteiger partial charge in [0.15, 0.2) is 0 Å². The summed E-state index contributed by atoms with van der Waals surface area (Å²) in [4.78, 5) is 16.9. The first kappa shape index (κ1) is 15.5. The van der Waals surface area contributed by atoms with E-state index in [4.69, 9.17) is 0 Å². The summed E-state index contributed by atoms with van der Waals surface area (Å²) in [6, 6.07) is 9.35. The molecule has 0 atom stereocenters. The van der Waals surface area contributed by atoms with E-state index in [1.54, 1.807) is 0 Å². The Labute approximate surface area is 143 Å². The minimum absolute atomic E-state index is 0.357. The number of carbonyl (C=O) groups is 1. The van der Waals surface area contributed by atoms with Crippen LogP contribution in [0, 0.1) is 0 Å². The summed E-state index contributed by atoms with van der Waals surface area (Å²) in [5.74, 6) is 1.05. The minimum Gasteiger partial charge on any atom is -0.339 e. The van der Waals surface area contributed by atoms with Crippen LogP contribution >= 0.6 is 11.8 Å². The highest BCUT2D eigenvalue weighted by Gasteiger charge is 2.35. The second-order valence-electron chi connectivity index (χ2n) is 7.16. The largest absolute Gasteiger partial charge is 0.339 e. The number of thioether (sulfide) groups is 1. The zero-order chi connectivity index (χ0) is 15.6. The van der Waals surface area contributed by atoms with Crippen LogP contribution in [0.5, 0.6) is 0 Å². The molecular formula is C19H26N2OS. The van der Waals surface area contributed by atoms with Gasteiger partial charge < -0.3 is 4.90 Å². The average molecular weight is 330 g/mol. The Kier molecular flexibility index (Phi) is 4.63. The van der Waals surface area contributed by atoms with E-state index in [-0.39, 0.29) is 0 Å². The predicted octanol–water partition coefficient (Wildman–Crippen LogP) is 2.93. The first-order chi connectivity index (χ1) is 11.3. The van der Waals surface area contributed by atoms with E-state index in [0.29, 0.717) is 17.7 Å². The Morgan fingerprint density at radius 1 is 1.13 bits per heavy atom. The molecule has 0 N–H and O–H groups in total. The summed E-state index contributed by atoms with van der Waals surface area (Å²) in [6.07, 6.45) is 6.49. The van der Waals surface area contributed by atoms with Crippen molar-refractivity contribution in [2.24, 2.45) is 0 Å². The topological polar surface area (TPSA) is 23.6 Å². The standard InChI is InChI=1S/C19H26N2OS/c22-19(14-23-18-7-3-4-8-18)21-12-17(13-21)20-10-9-15-5-1-2-6-16(15)11-20/h1-2,5-6,17-18H,3-4,7-14H2. The maximum absolute atomic E-state index is 12.3. The lowest BCUT2D eigenvalue weighted by Gasteiger charge is -2.47. The maximum Gasteiger partial charge on any atom is 0.232 e. The van der Waals surface area contributed by atoms with Gasteiger partial charge in [0.25, 0.3) is 0 Å². The van der Waals surface area contributed by atoms with Crippen molar-refractivity contribution in [3.8, 4) is 0 Å². The van der Waals surface area contributed by atoms with Crippen molar-refractivity contribution >= 4 is 17.7 Å². The summed E-state index contributed by atoms with van der Waals surface area (Å²) in [5, 5.41) is 0.745. The van der Waals surface area contributed by atoms with Crippen molar-refractivity contribution in [1.29, 1.82) is 0 Å². The van der Waals surface area contributed by atoms with Gasteiger partial charge in [-0.1, -0.05) is 37.1 Å². The lowest BCUT2D eigenvalue weighted by atomic mass is 9.96.